The highest BCUT2D eigenvalue weighted by atomic mass is 19.4. The second-order valence-electron chi connectivity index (χ2n) is 3.03. The van der Waals surface area contributed by atoms with E-state index >= 15 is 0 Å². The summed E-state index contributed by atoms with van der Waals surface area (Å²) in [5.74, 6) is -1.43. The largest absolute Gasteiger partial charge is 0.396 e. The third-order valence-electron chi connectivity index (χ3n) is 2.00. The lowest BCUT2D eigenvalue weighted by Crippen LogP contribution is -2.20. The molecule has 0 N–H and O–H groups in total. The van der Waals surface area contributed by atoms with Gasteiger partial charge in [-0.05, 0) is 12.0 Å². The van der Waals surface area contributed by atoms with Crippen LogP contribution in [-0.2, 0) is 0 Å². The fraction of sp³-hybridized carbons (Fsp3) is 0.273. The van der Waals surface area contributed by atoms with Gasteiger partial charge < -0.3 is 0 Å². The molecule has 1 unspecified atom stereocenters. The Balaban J connectivity index is 2.95. The topological polar surface area (TPSA) is 0 Å². The minimum atomic E-state index is -4.20. The van der Waals surface area contributed by atoms with Gasteiger partial charge in [-0.25, -0.2) is 0 Å². The van der Waals surface area contributed by atoms with E-state index in [-0.39, 0.29) is 6.42 Å². The predicted molar refractivity (Wildman–Crippen MR) is 50.1 cm³/mol. The first-order chi connectivity index (χ1) is 6.55. The standard InChI is InChI=1S/C11H11F3/c1-2-6-10(11(12,13)14)9-7-4-3-5-8-9/h2-5,7-8,10H,1,6H2. The van der Waals surface area contributed by atoms with Crippen LogP contribution in [0.3, 0.4) is 0 Å². The summed E-state index contributed by atoms with van der Waals surface area (Å²) in [4.78, 5) is 0. The van der Waals surface area contributed by atoms with Crippen molar-refractivity contribution < 1.29 is 13.2 Å². The van der Waals surface area contributed by atoms with Crippen molar-refractivity contribution in [3.05, 3.63) is 48.6 Å². The average molecular weight is 200 g/mol. The van der Waals surface area contributed by atoms with Gasteiger partial charge in [-0.2, -0.15) is 13.2 Å². The first-order valence-electron chi connectivity index (χ1n) is 4.28. The Hall–Kier alpha value is -1.25. The van der Waals surface area contributed by atoms with Gasteiger partial charge in [-0.15, -0.1) is 6.58 Å². The maximum Gasteiger partial charge on any atom is 0.396 e. The van der Waals surface area contributed by atoms with Crippen molar-refractivity contribution in [1.29, 1.82) is 0 Å². The van der Waals surface area contributed by atoms with Crippen LogP contribution in [0.15, 0.2) is 43.0 Å². The van der Waals surface area contributed by atoms with E-state index in [0.29, 0.717) is 5.56 Å². The molecule has 0 aliphatic rings. The quantitative estimate of drug-likeness (QED) is 0.649. The van der Waals surface area contributed by atoms with Gasteiger partial charge in [0.2, 0.25) is 0 Å². The fourth-order valence-electron chi connectivity index (χ4n) is 1.31. The third kappa shape index (κ3) is 2.62. The van der Waals surface area contributed by atoms with Crippen LogP contribution in [0.25, 0.3) is 0 Å². The van der Waals surface area contributed by atoms with Crippen LogP contribution in [0.2, 0.25) is 0 Å². The van der Waals surface area contributed by atoms with Crippen molar-refractivity contribution in [3.63, 3.8) is 0 Å². The summed E-state index contributed by atoms with van der Waals surface area (Å²) in [6.45, 7) is 3.34. The van der Waals surface area contributed by atoms with E-state index in [1.54, 1.807) is 18.2 Å². The Kier molecular flexibility index (Phi) is 3.33. The van der Waals surface area contributed by atoms with Crippen LogP contribution in [-0.4, -0.2) is 6.18 Å². The zero-order valence-corrected chi connectivity index (χ0v) is 7.59. The molecule has 0 aliphatic heterocycles. The molecule has 1 atom stereocenters. The first-order valence-corrected chi connectivity index (χ1v) is 4.28. The second-order valence-corrected chi connectivity index (χ2v) is 3.03. The Bertz CT molecular complexity index is 287. The van der Waals surface area contributed by atoms with Gasteiger partial charge in [-0.3, -0.25) is 0 Å². The minimum absolute atomic E-state index is 0.0759. The van der Waals surface area contributed by atoms with E-state index in [1.165, 1.54) is 18.2 Å². The SMILES string of the molecule is C=CCC(c1ccccc1)C(F)(F)F. The first kappa shape index (κ1) is 10.8. The molecule has 0 saturated heterocycles. The van der Waals surface area contributed by atoms with E-state index in [1.807, 2.05) is 0 Å². The van der Waals surface area contributed by atoms with E-state index in [2.05, 4.69) is 6.58 Å². The van der Waals surface area contributed by atoms with Crippen LogP contribution in [0.5, 0.6) is 0 Å². The Morgan fingerprint density at radius 1 is 1.21 bits per heavy atom. The lowest BCUT2D eigenvalue weighted by molar-refractivity contribution is -0.149. The van der Waals surface area contributed by atoms with Crippen LogP contribution < -0.4 is 0 Å². The lowest BCUT2D eigenvalue weighted by Gasteiger charge is -2.18. The smallest absolute Gasteiger partial charge is 0.170 e. The number of allylic oxidation sites excluding steroid dienone is 1. The van der Waals surface area contributed by atoms with Gasteiger partial charge in [0.05, 0.1) is 5.92 Å². The maximum absolute atomic E-state index is 12.5. The Labute approximate surface area is 81.1 Å². The molecule has 0 radical (unpaired) electrons. The van der Waals surface area contributed by atoms with E-state index in [4.69, 9.17) is 0 Å². The van der Waals surface area contributed by atoms with Gasteiger partial charge in [0.15, 0.2) is 0 Å². The molecule has 0 aromatic heterocycles. The highest BCUT2D eigenvalue weighted by Crippen LogP contribution is 2.37. The van der Waals surface area contributed by atoms with Crippen molar-refractivity contribution in [2.75, 3.05) is 0 Å². The molecule has 76 valence electrons. The molecule has 1 aromatic carbocycles. The van der Waals surface area contributed by atoms with E-state index < -0.39 is 12.1 Å². The van der Waals surface area contributed by atoms with Crippen molar-refractivity contribution >= 4 is 0 Å². The molecule has 0 aliphatic carbocycles. The van der Waals surface area contributed by atoms with Gasteiger partial charge in [0.25, 0.3) is 0 Å². The zero-order chi connectivity index (χ0) is 10.6. The molecule has 0 spiro atoms. The van der Waals surface area contributed by atoms with Crippen LogP contribution in [0.1, 0.15) is 17.9 Å². The summed E-state index contributed by atoms with van der Waals surface area (Å²) in [7, 11) is 0. The van der Waals surface area contributed by atoms with E-state index in [0.717, 1.165) is 0 Å². The van der Waals surface area contributed by atoms with Crippen LogP contribution in [0.4, 0.5) is 13.2 Å². The molecule has 0 fully saturated rings. The number of benzene rings is 1. The summed E-state index contributed by atoms with van der Waals surface area (Å²) in [5, 5.41) is 0. The molecule has 3 heteroatoms. The third-order valence-corrected chi connectivity index (χ3v) is 2.00. The summed E-state index contributed by atoms with van der Waals surface area (Å²) < 4.78 is 37.6. The molecular formula is C11H11F3. The number of rotatable bonds is 3. The normalized spacial score (nSPS) is 13.6. The molecule has 0 nitrogen and oxygen atoms in total. The summed E-state index contributed by atoms with van der Waals surface area (Å²) in [5.41, 5.74) is 0.292. The highest BCUT2D eigenvalue weighted by molar-refractivity contribution is 5.21. The van der Waals surface area contributed by atoms with Gasteiger partial charge in [0.1, 0.15) is 0 Å². The van der Waals surface area contributed by atoms with Gasteiger partial charge >= 0.3 is 6.18 Å². The summed E-state index contributed by atoms with van der Waals surface area (Å²) in [6, 6.07) is 7.89. The van der Waals surface area contributed by atoms with Crippen molar-refractivity contribution in [3.8, 4) is 0 Å². The van der Waals surface area contributed by atoms with Crippen LogP contribution >= 0.6 is 0 Å². The van der Waals surface area contributed by atoms with Crippen molar-refractivity contribution in [2.45, 2.75) is 18.5 Å². The monoisotopic (exact) mass is 200 g/mol. The summed E-state index contributed by atoms with van der Waals surface area (Å²) in [6.07, 6.45) is -2.98. The molecule has 0 saturated carbocycles. The number of hydrogen-bond acceptors (Lipinski definition) is 0. The summed E-state index contributed by atoms with van der Waals surface area (Å²) >= 11 is 0. The molecule has 0 amide bonds. The maximum atomic E-state index is 12.5. The van der Waals surface area contributed by atoms with E-state index in [9.17, 15) is 13.2 Å². The number of halogens is 3. The zero-order valence-electron chi connectivity index (χ0n) is 7.59. The number of alkyl halides is 3. The number of hydrogen-bond donors (Lipinski definition) is 0. The predicted octanol–water partition coefficient (Wildman–Crippen LogP) is 3.91. The molecule has 14 heavy (non-hydrogen) atoms. The second kappa shape index (κ2) is 4.31. The van der Waals surface area contributed by atoms with Crippen molar-refractivity contribution in [1.82, 2.24) is 0 Å². The molecule has 1 rings (SSSR count). The van der Waals surface area contributed by atoms with Gasteiger partial charge in [-0.1, -0.05) is 36.4 Å². The Morgan fingerprint density at radius 3 is 2.21 bits per heavy atom. The Morgan fingerprint density at radius 2 is 1.79 bits per heavy atom. The molecule has 0 bridgehead atoms. The lowest BCUT2D eigenvalue weighted by atomic mass is 9.95. The molecular weight excluding hydrogens is 189 g/mol. The van der Waals surface area contributed by atoms with Crippen LogP contribution in [0, 0.1) is 0 Å². The van der Waals surface area contributed by atoms with Crippen molar-refractivity contribution in [2.24, 2.45) is 0 Å². The average Bonchev–Trinajstić information content (AvgIpc) is 2.14. The molecule has 1 aromatic rings. The highest BCUT2D eigenvalue weighted by Gasteiger charge is 2.39. The molecule has 0 heterocycles. The van der Waals surface area contributed by atoms with Gasteiger partial charge in [0, 0.05) is 0 Å². The fourth-order valence-corrected chi connectivity index (χ4v) is 1.31. The minimum Gasteiger partial charge on any atom is -0.170 e.